The van der Waals surface area contributed by atoms with Gasteiger partial charge in [0.1, 0.15) is 5.92 Å². The van der Waals surface area contributed by atoms with E-state index < -0.39 is 30.4 Å². The molecule has 1 aliphatic heterocycles. The van der Waals surface area contributed by atoms with Gasteiger partial charge in [0, 0.05) is 16.3 Å². The van der Waals surface area contributed by atoms with E-state index in [9.17, 15) is 19.2 Å². The van der Waals surface area contributed by atoms with Crippen molar-refractivity contribution in [3.8, 4) is 0 Å². The third-order valence-electron chi connectivity index (χ3n) is 4.17. The van der Waals surface area contributed by atoms with Gasteiger partial charge in [0.2, 0.25) is 5.78 Å². The molecule has 28 heavy (non-hydrogen) atoms. The molecule has 0 saturated carbocycles. The van der Waals surface area contributed by atoms with Crippen LogP contribution >= 0.6 is 11.3 Å². The van der Waals surface area contributed by atoms with E-state index in [0.717, 1.165) is 19.1 Å². The summed E-state index contributed by atoms with van der Waals surface area (Å²) in [6.07, 6.45) is 0. The normalized spacial score (nSPS) is 14.5. The van der Waals surface area contributed by atoms with Crippen LogP contribution in [0.2, 0.25) is 0 Å². The van der Waals surface area contributed by atoms with Crippen molar-refractivity contribution < 1.29 is 33.4 Å². The van der Waals surface area contributed by atoms with Crippen molar-refractivity contribution in [1.29, 1.82) is 0 Å². The Bertz CT molecular complexity index is 856. The van der Waals surface area contributed by atoms with Crippen LogP contribution in [0.3, 0.4) is 0 Å². The molecule has 2 rings (SSSR count). The van der Waals surface area contributed by atoms with E-state index in [4.69, 9.17) is 14.2 Å². The van der Waals surface area contributed by atoms with Crippen molar-refractivity contribution >= 4 is 35.0 Å². The second-order valence-corrected chi connectivity index (χ2v) is 7.35. The van der Waals surface area contributed by atoms with Gasteiger partial charge in [-0.25, -0.2) is 9.59 Å². The molecule has 0 atom stereocenters. The molecule has 1 N–H and O–H groups in total. The van der Waals surface area contributed by atoms with Gasteiger partial charge in [-0.2, -0.15) is 0 Å². The third-order valence-corrected chi connectivity index (χ3v) is 5.21. The number of nitrogens with one attached hydrogen (secondary N) is 1. The van der Waals surface area contributed by atoms with Crippen molar-refractivity contribution in [2.45, 2.75) is 20.8 Å². The van der Waals surface area contributed by atoms with Gasteiger partial charge in [-0.3, -0.25) is 9.59 Å². The minimum atomic E-state index is -1.36. The van der Waals surface area contributed by atoms with Crippen molar-refractivity contribution in [3.05, 3.63) is 44.4 Å². The summed E-state index contributed by atoms with van der Waals surface area (Å²) < 4.78 is 14.7. The lowest BCUT2D eigenvalue weighted by molar-refractivity contribution is -0.150. The number of hydrogen-bond donors (Lipinski definition) is 1. The van der Waals surface area contributed by atoms with Crippen LogP contribution in [0.15, 0.2) is 34.7 Å². The van der Waals surface area contributed by atoms with Crippen LogP contribution < -0.4 is 5.32 Å². The molecule has 1 aromatic heterocycles. The third kappa shape index (κ3) is 4.30. The largest absolute Gasteiger partial charge is 0.466 e. The predicted octanol–water partition coefficient (Wildman–Crippen LogP) is 1.90. The molecular weight excluding hydrogens is 386 g/mol. The first-order valence-corrected chi connectivity index (χ1v) is 9.14. The first-order chi connectivity index (χ1) is 13.2. The van der Waals surface area contributed by atoms with Crippen molar-refractivity contribution in [1.82, 2.24) is 5.32 Å². The van der Waals surface area contributed by atoms with Crippen LogP contribution in [0.5, 0.6) is 0 Å². The second kappa shape index (κ2) is 8.83. The fourth-order valence-corrected chi connectivity index (χ4v) is 3.66. The van der Waals surface area contributed by atoms with Crippen molar-refractivity contribution in [3.63, 3.8) is 0 Å². The molecule has 0 unspecified atom stereocenters. The van der Waals surface area contributed by atoms with Crippen LogP contribution in [0.4, 0.5) is 0 Å². The fourth-order valence-electron chi connectivity index (χ4n) is 2.87. The highest BCUT2D eigenvalue weighted by Crippen LogP contribution is 2.32. The summed E-state index contributed by atoms with van der Waals surface area (Å²) in [5, 5.41) is 2.87. The summed E-state index contributed by atoms with van der Waals surface area (Å²) in [4.78, 5) is 50.9. The molecule has 0 spiro atoms. The summed E-state index contributed by atoms with van der Waals surface area (Å²) in [6, 6.07) is 3.43. The van der Waals surface area contributed by atoms with Gasteiger partial charge in [0.25, 0.3) is 0 Å². The van der Waals surface area contributed by atoms with Crippen molar-refractivity contribution in [2.75, 3.05) is 20.8 Å². The molecule has 8 nitrogen and oxygen atoms in total. The SMILES string of the molecule is COC(=O)C1=C(C)NC(C)=C(C(=O)OC)C1C(=O)OCC(=O)c1ccc(C)s1. The summed E-state index contributed by atoms with van der Waals surface area (Å²) >= 11 is 1.28. The molecule has 1 aromatic rings. The Morgan fingerprint density at radius 1 is 0.964 bits per heavy atom. The molecule has 0 bridgehead atoms. The molecule has 0 aromatic carbocycles. The molecule has 9 heteroatoms. The first-order valence-electron chi connectivity index (χ1n) is 8.32. The number of rotatable bonds is 6. The number of aryl methyl sites for hydroxylation is 1. The van der Waals surface area contributed by atoms with Gasteiger partial charge in [-0.15, -0.1) is 11.3 Å². The van der Waals surface area contributed by atoms with Crippen molar-refractivity contribution in [2.24, 2.45) is 5.92 Å². The Balaban J connectivity index is 2.32. The average molecular weight is 407 g/mol. The molecule has 2 heterocycles. The number of ether oxygens (including phenoxy) is 3. The number of thiophene rings is 1. The standard InChI is InChI=1S/C19H21NO7S/c1-9-6-7-13(28-9)12(21)8-27-19(24)16-14(17(22)25-4)10(2)20-11(3)15(16)18(23)26-5/h6-7,16,20H,8H2,1-5H3. The highest BCUT2D eigenvalue weighted by Gasteiger charge is 2.42. The van der Waals surface area contributed by atoms with E-state index in [1.54, 1.807) is 26.0 Å². The molecule has 0 aliphatic carbocycles. The maximum Gasteiger partial charge on any atom is 0.336 e. The van der Waals surface area contributed by atoms with Gasteiger partial charge in [-0.05, 0) is 32.9 Å². The Hall–Kier alpha value is -2.94. The van der Waals surface area contributed by atoms with E-state index >= 15 is 0 Å². The lowest BCUT2D eigenvalue weighted by Crippen LogP contribution is -2.38. The lowest BCUT2D eigenvalue weighted by atomic mass is 9.85. The van der Waals surface area contributed by atoms with E-state index in [2.05, 4.69) is 5.32 Å². The highest BCUT2D eigenvalue weighted by molar-refractivity contribution is 7.14. The smallest absolute Gasteiger partial charge is 0.336 e. The van der Waals surface area contributed by atoms with E-state index in [-0.39, 0.29) is 16.9 Å². The molecule has 1 aliphatic rings. The first kappa shape index (κ1) is 21.4. The van der Waals surface area contributed by atoms with Gasteiger partial charge < -0.3 is 19.5 Å². The topological polar surface area (TPSA) is 108 Å². The predicted molar refractivity (Wildman–Crippen MR) is 100 cm³/mol. The zero-order chi connectivity index (χ0) is 21.0. The Morgan fingerprint density at radius 2 is 1.50 bits per heavy atom. The van der Waals surface area contributed by atoms with Gasteiger partial charge in [0.15, 0.2) is 6.61 Å². The van der Waals surface area contributed by atoms with Crippen LogP contribution in [-0.2, 0) is 28.6 Å². The van der Waals surface area contributed by atoms with Gasteiger partial charge in [-0.1, -0.05) is 0 Å². The molecular formula is C19H21NO7S. The number of allylic oxidation sites excluding steroid dienone is 2. The molecule has 0 radical (unpaired) electrons. The average Bonchev–Trinajstić information content (AvgIpc) is 3.10. The summed E-state index contributed by atoms with van der Waals surface area (Å²) in [7, 11) is 2.33. The minimum absolute atomic E-state index is 0.0714. The molecule has 150 valence electrons. The van der Waals surface area contributed by atoms with Crippen LogP contribution in [0, 0.1) is 12.8 Å². The minimum Gasteiger partial charge on any atom is -0.466 e. The number of Topliss-reactive ketones (excluding diaryl/α,β-unsaturated/α-hetero) is 1. The summed E-state index contributed by atoms with van der Waals surface area (Å²) in [5.74, 6) is -4.23. The van der Waals surface area contributed by atoms with Gasteiger partial charge >= 0.3 is 17.9 Å². The fraction of sp³-hybridized carbons (Fsp3) is 0.368. The number of hydrogen-bond acceptors (Lipinski definition) is 9. The van der Waals surface area contributed by atoms with E-state index in [0.29, 0.717) is 16.3 Å². The number of dihydropyridines is 1. The van der Waals surface area contributed by atoms with Gasteiger partial charge in [0.05, 0.1) is 30.2 Å². The second-order valence-electron chi connectivity index (χ2n) is 6.06. The zero-order valence-corrected chi connectivity index (χ0v) is 17.0. The van der Waals surface area contributed by atoms with Crippen LogP contribution in [0.1, 0.15) is 28.4 Å². The molecule has 0 amide bonds. The monoisotopic (exact) mass is 407 g/mol. The maximum atomic E-state index is 12.8. The number of carbonyl (C=O) groups excluding carboxylic acids is 4. The maximum absolute atomic E-state index is 12.8. The number of methoxy groups -OCH3 is 2. The Morgan fingerprint density at radius 3 is 1.93 bits per heavy atom. The molecule has 0 saturated heterocycles. The highest BCUT2D eigenvalue weighted by atomic mass is 32.1. The number of carbonyl (C=O) groups is 4. The lowest BCUT2D eigenvalue weighted by Gasteiger charge is -2.28. The number of ketones is 1. The summed E-state index contributed by atoms with van der Waals surface area (Å²) in [5.41, 5.74) is 0.550. The van der Waals surface area contributed by atoms with E-state index in [1.807, 2.05) is 6.92 Å². The van der Waals surface area contributed by atoms with Crippen LogP contribution in [-0.4, -0.2) is 44.5 Å². The summed E-state index contributed by atoms with van der Waals surface area (Å²) in [6.45, 7) is 4.49. The van der Waals surface area contributed by atoms with E-state index in [1.165, 1.54) is 11.3 Å². The molecule has 0 fully saturated rings. The quantitative estimate of drug-likeness (QED) is 0.433. The zero-order valence-electron chi connectivity index (χ0n) is 16.2. The Kier molecular flexibility index (Phi) is 6.74. The van der Waals surface area contributed by atoms with Crippen LogP contribution in [0.25, 0.3) is 0 Å². The number of esters is 3. The Labute approximate surface area is 166 Å².